The molecule has 0 aromatic heterocycles. The lowest BCUT2D eigenvalue weighted by Gasteiger charge is -2.10. The first-order chi connectivity index (χ1) is 14.7. The third-order valence-electron chi connectivity index (χ3n) is 3.25. The summed E-state index contributed by atoms with van der Waals surface area (Å²) in [6.07, 6.45) is -4.69. The lowest BCUT2D eigenvalue weighted by molar-refractivity contribution is -0.386. The average molecular weight is 445 g/mol. The first-order valence-corrected chi connectivity index (χ1v) is 9.88. The molecular formula is C22H30F3NO5. The third-order valence-corrected chi connectivity index (χ3v) is 3.25. The summed E-state index contributed by atoms with van der Waals surface area (Å²) in [5, 5.41) is 11.0. The van der Waals surface area contributed by atoms with E-state index < -0.39 is 28.3 Å². The van der Waals surface area contributed by atoms with Gasteiger partial charge in [0.2, 0.25) is 0 Å². The number of hydrogen-bond donors (Lipinski definition) is 0. The van der Waals surface area contributed by atoms with Crippen molar-refractivity contribution in [3.05, 3.63) is 69.3 Å². The molecule has 0 saturated carbocycles. The Kier molecular flexibility index (Phi) is 15.2. The van der Waals surface area contributed by atoms with E-state index in [2.05, 4.69) is 4.74 Å². The van der Waals surface area contributed by atoms with E-state index in [-0.39, 0.29) is 12.4 Å². The zero-order valence-electron chi connectivity index (χ0n) is 18.9. The number of carbonyl (C=O) groups is 1. The van der Waals surface area contributed by atoms with Gasteiger partial charge in [-0.05, 0) is 29.8 Å². The van der Waals surface area contributed by atoms with Crippen LogP contribution >= 0.6 is 0 Å². The third kappa shape index (κ3) is 9.97. The molecule has 0 unspecified atom stereocenters. The number of hydrogen-bond acceptors (Lipinski definition) is 5. The first-order valence-electron chi connectivity index (χ1n) is 9.88. The van der Waals surface area contributed by atoms with E-state index in [1.54, 1.807) is 12.1 Å². The van der Waals surface area contributed by atoms with Crippen LogP contribution in [0.15, 0.2) is 42.5 Å². The molecule has 0 radical (unpaired) electrons. The van der Waals surface area contributed by atoms with Gasteiger partial charge >= 0.3 is 17.8 Å². The van der Waals surface area contributed by atoms with Gasteiger partial charge in [-0.15, -0.1) is 0 Å². The highest BCUT2D eigenvalue weighted by Gasteiger charge is 2.33. The van der Waals surface area contributed by atoms with Crippen molar-refractivity contribution in [3.8, 4) is 5.75 Å². The molecule has 174 valence electrons. The Morgan fingerprint density at radius 2 is 1.48 bits per heavy atom. The summed E-state index contributed by atoms with van der Waals surface area (Å²) in [6.45, 7) is 11.9. The summed E-state index contributed by atoms with van der Waals surface area (Å²) in [7, 11) is 1.24. The van der Waals surface area contributed by atoms with Crippen LogP contribution in [0.4, 0.5) is 18.9 Å². The first kappa shape index (κ1) is 30.1. The van der Waals surface area contributed by atoms with Crippen molar-refractivity contribution in [2.75, 3.05) is 7.11 Å². The van der Waals surface area contributed by atoms with E-state index in [9.17, 15) is 28.1 Å². The maximum absolute atomic E-state index is 12.6. The molecule has 0 aliphatic rings. The Balaban J connectivity index is 0. The number of halogens is 3. The molecule has 6 nitrogen and oxygen atoms in total. The maximum atomic E-state index is 12.6. The Hall–Kier alpha value is -3.10. The molecule has 0 heterocycles. The zero-order valence-corrected chi connectivity index (χ0v) is 18.9. The van der Waals surface area contributed by atoms with Gasteiger partial charge in [0.05, 0.1) is 23.2 Å². The van der Waals surface area contributed by atoms with Crippen molar-refractivity contribution >= 4 is 11.7 Å². The lowest BCUT2D eigenvalue weighted by atomic mass is 10.1. The maximum Gasteiger partial charge on any atom is 0.416 e. The normalized spacial score (nSPS) is 9.48. The minimum absolute atomic E-state index is 0.117. The van der Waals surface area contributed by atoms with E-state index in [0.717, 1.165) is 6.07 Å². The molecule has 0 atom stereocenters. The fourth-order valence-electron chi connectivity index (χ4n) is 1.97. The van der Waals surface area contributed by atoms with E-state index in [1.165, 1.54) is 19.2 Å². The van der Waals surface area contributed by atoms with Crippen molar-refractivity contribution in [1.29, 1.82) is 0 Å². The second-order valence-electron chi connectivity index (χ2n) is 4.91. The van der Waals surface area contributed by atoms with Gasteiger partial charge in [0.25, 0.3) is 0 Å². The van der Waals surface area contributed by atoms with Crippen LogP contribution in [0.5, 0.6) is 5.75 Å². The summed E-state index contributed by atoms with van der Waals surface area (Å²) < 4.78 is 47.7. The van der Waals surface area contributed by atoms with Gasteiger partial charge in [0, 0.05) is 6.07 Å². The molecule has 0 N–H and O–H groups in total. The van der Waals surface area contributed by atoms with Gasteiger partial charge in [0.1, 0.15) is 6.61 Å². The SMILES string of the molecule is CC.CC.CC.COC(=O)c1ccc(COc2ccc(C(F)(F)F)cc2[N+](=O)[O-])cc1. The number of nitro groups is 1. The zero-order chi connectivity index (χ0) is 24.6. The number of nitro benzene ring substituents is 1. The topological polar surface area (TPSA) is 78.7 Å². The predicted molar refractivity (Wildman–Crippen MR) is 114 cm³/mol. The molecule has 31 heavy (non-hydrogen) atoms. The standard InChI is InChI=1S/C16H12F3NO5.3C2H6/c1-24-15(21)11-4-2-10(3-5-11)9-25-14-7-6-12(16(17,18)19)8-13(14)20(22)23;3*1-2/h2-8H,9H2,1H3;3*1-2H3. The van der Waals surface area contributed by atoms with Gasteiger partial charge in [-0.3, -0.25) is 10.1 Å². The number of methoxy groups -OCH3 is 1. The van der Waals surface area contributed by atoms with E-state index in [1.807, 2.05) is 41.5 Å². The van der Waals surface area contributed by atoms with Crippen molar-refractivity contribution in [1.82, 2.24) is 0 Å². The molecule has 0 spiro atoms. The molecule has 2 aromatic rings. The summed E-state index contributed by atoms with van der Waals surface area (Å²) in [6, 6.07) is 8.09. The van der Waals surface area contributed by atoms with Crippen LogP contribution in [-0.2, 0) is 17.5 Å². The average Bonchev–Trinajstić information content (AvgIpc) is 2.80. The number of ether oxygens (including phenoxy) is 2. The summed E-state index contributed by atoms with van der Waals surface area (Å²) in [4.78, 5) is 21.3. The number of benzene rings is 2. The van der Waals surface area contributed by atoms with Crippen LogP contribution in [0.1, 0.15) is 63.0 Å². The van der Waals surface area contributed by atoms with Gasteiger partial charge in [-0.25, -0.2) is 4.79 Å². The quantitative estimate of drug-likeness (QED) is 0.280. The van der Waals surface area contributed by atoms with Crippen molar-refractivity contribution in [2.24, 2.45) is 0 Å². The number of nitrogens with zero attached hydrogens (tertiary/aromatic N) is 1. The highest BCUT2D eigenvalue weighted by atomic mass is 19.4. The number of esters is 1. The Morgan fingerprint density at radius 3 is 1.90 bits per heavy atom. The van der Waals surface area contributed by atoms with E-state index >= 15 is 0 Å². The van der Waals surface area contributed by atoms with E-state index in [4.69, 9.17) is 4.74 Å². The predicted octanol–water partition coefficient (Wildman–Crippen LogP) is 7.06. The Morgan fingerprint density at radius 1 is 0.968 bits per heavy atom. The molecule has 0 saturated heterocycles. The minimum Gasteiger partial charge on any atom is -0.482 e. The second-order valence-corrected chi connectivity index (χ2v) is 4.91. The highest BCUT2D eigenvalue weighted by Crippen LogP contribution is 2.36. The van der Waals surface area contributed by atoms with Crippen LogP contribution in [-0.4, -0.2) is 18.0 Å². The molecule has 0 bridgehead atoms. The van der Waals surface area contributed by atoms with Crippen LogP contribution < -0.4 is 4.74 Å². The minimum atomic E-state index is -4.69. The van der Waals surface area contributed by atoms with Crippen molar-refractivity contribution in [2.45, 2.75) is 54.3 Å². The van der Waals surface area contributed by atoms with Crippen molar-refractivity contribution < 1.29 is 32.4 Å². The number of alkyl halides is 3. The van der Waals surface area contributed by atoms with Crippen LogP contribution in [0.2, 0.25) is 0 Å². The fourth-order valence-corrected chi connectivity index (χ4v) is 1.97. The molecule has 2 aromatic carbocycles. The fraction of sp³-hybridized carbons (Fsp3) is 0.409. The van der Waals surface area contributed by atoms with Crippen LogP contribution in [0, 0.1) is 10.1 Å². The monoisotopic (exact) mass is 445 g/mol. The second kappa shape index (κ2) is 15.7. The Bertz CT molecular complexity index is 791. The summed E-state index contributed by atoms with van der Waals surface area (Å²) in [5.74, 6) is -0.805. The van der Waals surface area contributed by atoms with Crippen molar-refractivity contribution in [3.63, 3.8) is 0 Å². The van der Waals surface area contributed by atoms with Gasteiger partial charge in [-0.1, -0.05) is 53.7 Å². The highest BCUT2D eigenvalue weighted by molar-refractivity contribution is 5.89. The number of carbonyl (C=O) groups excluding carboxylic acids is 1. The number of rotatable bonds is 5. The molecule has 0 amide bonds. The van der Waals surface area contributed by atoms with E-state index in [0.29, 0.717) is 23.3 Å². The van der Waals surface area contributed by atoms with Gasteiger partial charge < -0.3 is 9.47 Å². The lowest BCUT2D eigenvalue weighted by Crippen LogP contribution is -2.07. The molecule has 0 aliphatic carbocycles. The van der Waals surface area contributed by atoms with Gasteiger partial charge in [-0.2, -0.15) is 13.2 Å². The van der Waals surface area contributed by atoms with Crippen LogP contribution in [0.3, 0.4) is 0 Å². The van der Waals surface area contributed by atoms with Gasteiger partial charge in [0.15, 0.2) is 5.75 Å². The largest absolute Gasteiger partial charge is 0.482 e. The molecule has 0 fully saturated rings. The Labute approximate surface area is 181 Å². The molecule has 0 aliphatic heterocycles. The summed E-state index contributed by atoms with van der Waals surface area (Å²) >= 11 is 0. The van der Waals surface area contributed by atoms with Crippen LogP contribution in [0.25, 0.3) is 0 Å². The smallest absolute Gasteiger partial charge is 0.416 e. The summed E-state index contributed by atoms with van der Waals surface area (Å²) in [5.41, 5.74) is -1.02. The molecular weight excluding hydrogens is 415 g/mol. The molecule has 2 rings (SSSR count). The molecule has 9 heteroatoms.